The second-order valence-electron chi connectivity index (χ2n) is 4.48. The van der Waals surface area contributed by atoms with E-state index in [1.807, 2.05) is 5.32 Å². The Hall–Kier alpha value is -2.13. The molecule has 0 aliphatic carbocycles. The summed E-state index contributed by atoms with van der Waals surface area (Å²) in [5.74, 6) is -1.50. The van der Waals surface area contributed by atoms with Gasteiger partial charge in [-0.25, -0.2) is 0 Å². The van der Waals surface area contributed by atoms with Crippen LogP contribution in [0.1, 0.15) is 5.56 Å². The van der Waals surface area contributed by atoms with Gasteiger partial charge in [-0.1, -0.05) is 30.3 Å². The van der Waals surface area contributed by atoms with E-state index in [9.17, 15) is 27.9 Å². The van der Waals surface area contributed by atoms with E-state index in [1.165, 1.54) is 18.2 Å². The molecule has 0 saturated heterocycles. The second-order valence-corrected chi connectivity index (χ2v) is 4.48. The highest BCUT2D eigenvalue weighted by atomic mass is 19.4. The first-order valence-corrected chi connectivity index (χ1v) is 6.29. The van der Waals surface area contributed by atoms with Gasteiger partial charge in [-0.2, -0.15) is 13.2 Å². The van der Waals surface area contributed by atoms with E-state index in [4.69, 9.17) is 5.73 Å². The Labute approximate surface area is 124 Å². The molecule has 0 heterocycles. The molecule has 9 heteroatoms. The van der Waals surface area contributed by atoms with Crippen LogP contribution in [0, 0.1) is 0 Å². The SMILES string of the molecule is NCC(=O)NCC(=O)NCC(O)(c1ccccc1)C(F)(F)F. The smallest absolute Gasteiger partial charge is 0.375 e. The first-order chi connectivity index (χ1) is 10.2. The van der Waals surface area contributed by atoms with Crippen molar-refractivity contribution in [1.82, 2.24) is 10.6 Å². The highest BCUT2D eigenvalue weighted by Crippen LogP contribution is 2.38. The van der Waals surface area contributed by atoms with E-state index < -0.39 is 42.2 Å². The molecule has 1 unspecified atom stereocenters. The largest absolute Gasteiger partial charge is 0.423 e. The molecule has 1 rings (SSSR count). The van der Waals surface area contributed by atoms with E-state index in [-0.39, 0.29) is 6.54 Å². The lowest BCUT2D eigenvalue weighted by Crippen LogP contribution is -2.52. The van der Waals surface area contributed by atoms with Gasteiger partial charge < -0.3 is 21.5 Å². The summed E-state index contributed by atoms with van der Waals surface area (Å²) in [4.78, 5) is 22.3. The van der Waals surface area contributed by atoms with Gasteiger partial charge in [0.2, 0.25) is 17.4 Å². The van der Waals surface area contributed by atoms with Crippen molar-refractivity contribution in [2.45, 2.75) is 11.8 Å². The summed E-state index contributed by atoms with van der Waals surface area (Å²) in [6.45, 7) is -1.94. The molecule has 6 nitrogen and oxygen atoms in total. The molecule has 0 aliphatic heterocycles. The average Bonchev–Trinajstić information content (AvgIpc) is 2.49. The van der Waals surface area contributed by atoms with Crippen LogP contribution < -0.4 is 16.4 Å². The number of alkyl halides is 3. The molecule has 122 valence electrons. The van der Waals surface area contributed by atoms with Gasteiger partial charge in [0.25, 0.3) is 0 Å². The number of carbonyl (C=O) groups is 2. The maximum atomic E-state index is 13.1. The van der Waals surface area contributed by atoms with Crippen molar-refractivity contribution in [1.29, 1.82) is 0 Å². The Morgan fingerprint density at radius 2 is 1.68 bits per heavy atom. The Bertz CT molecular complexity index is 522. The minimum Gasteiger partial charge on any atom is -0.375 e. The summed E-state index contributed by atoms with van der Waals surface area (Å²) in [5, 5.41) is 14.0. The van der Waals surface area contributed by atoms with Crippen LogP contribution in [-0.2, 0) is 15.2 Å². The summed E-state index contributed by atoms with van der Waals surface area (Å²) in [6, 6.07) is 6.40. The number of amides is 2. The lowest BCUT2D eigenvalue weighted by molar-refractivity contribution is -0.264. The maximum Gasteiger partial charge on any atom is 0.423 e. The monoisotopic (exact) mass is 319 g/mol. The van der Waals surface area contributed by atoms with Crippen molar-refractivity contribution in [2.75, 3.05) is 19.6 Å². The van der Waals surface area contributed by atoms with Crippen molar-refractivity contribution in [3.05, 3.63) is 35.9 Å². The second kappa shape index (κ2) is 7.23. The van der Waals surface area contributed by atoms with Crippen molar-refractivity contribution < 1.29 is 27.9 Å². The summed E-state index contributed by atoms with van der Waals surface area (Å²) in [7, 11) is 0. The number of nitrogens with two attached hydrogens (primary N) is 1. The predicted molar refractivity (Wildman–Crippen MR) is 71.5 cm³/mol. The molecular formula is C13H16F3N3O3. The predicted octanol–water partition coefficient (Wildman–Crippen LogP) is -0.372. The van der Waals surface area contributed by atoms with Crippen LogP contribution in [0.3, 0.4) is 0 Å². The van der Waals surface area contributed by atoms with Gasteiger partial charge in [0.05, 0.1) is 19.6 Å². The number of hydrogen-bond acceptors (Lipinski definition) is 4. The van der Waals surface area contributed by atoms with Crippen LogP contribution in [0.5, 0.6) is 0 Å². The first-order valence-electron chi connectivity index (χ1n) is 6.29. The van der Waals surface area contributed by atoms with E-state index in [2.05, 4.69) is 5.32 Å². The summed E-state index contributed by atoms with van der Waals surface area (Å²) < 4.78 is 39.4. The molecule has 0 bridgehead atoms. The first kappa shape index (κ1) is 17.9. The summed E-state index contributed by atoms with van der Waals surface area (Å²) in [6.07, 6.45) is -4.98. The van der Waals surface area contributed by atoms with E-state index in [0.29, 0.717) is 0 Å². The standard InChI is InChI=1S/C13H16F3N3O3/c14-13(15,16)12(22,9-4-2-1-3-5-9)8-19-11(21)7-18-10(20)6-17/h1-5,22H,6-8,17H2,(H,18,20)(H,19,21). The van der Waals surface area contributed by atoms with E-state index in [0.717, 1.165) is 12.1 Å². The van der Waals surface area contributed by atoms with Gasteiger partial charge >= 0.3 is 6.18 Å². The molecule has 0 aromatic heterocycles. The fourth-order valence-electron chi connectivity index (χ4n) is 1.62. The Morgan fingerprint density at radius 1 is 1.09 bits per heavy atom. The fourth-order valence-corrected chi connectivity index (χ4v) is 1.62. The number of hydrogen-bond donors (Lipinski definition) is 4. The highest BCUT2D eigenvalue weighted by molar-refractivity contribution is 5.85. The van der Waals surface area contributed by atoms with Crippen molar-refractivity contribution >= 4 is 11.8 Å². The molecule has 0 saturated carbocycles. The van der Waals surface area contributed by atoms with Crippen LogP contribution in [-0.4, -0.2) is 42.7 Å². The van der Waals surface area contributed by atoms with Crippen LogP contribution in [0.2, 0.25) is 0 Å². The minimum absolute atomic E-state index is 0.343. The molecule has 2 amide bonds. The molecule has 1 aromatic rings. The summed E-state index contributed by atoms with van der Waals surface area (Å²) in [5.41, 5.74) is 1.39. The van der Waals surface area contributed by atoms with Gasteiger partial charge in [-0.3, -0.25) is 9.59 Å². The Kier molecular flexibility index (Phi) is 5.89. The normalized spacial score (nSPS) is 14.0. The van der Waals surface area contributed by atoms with Gasteiger partial charge in [0.1, 0.15) is 0 Å². The molecule has 1 aromatic carbocycles. The number of nitrogens with one attached hydrogen (secondary N) is 2. The average molecular weight is 319 g/mol. The van der Waals surface area contributed by atoms with Gasteiger partial charge in [0.15, 0.2) is 0 Å². The molecule has 22 heavy (non-hydrogen) atoms. The number of rotatable bonds is 6. The van der Waals surface area contributed by atoms with Crippen molar-refractivity contribution in [3.8, 4) is 0 Å². The lowest BCUT2D eigenvalue weighted by atomic mass is 9.93. The molecule has 0 spiro atoms. The number of benzene rings is 1. The third kappa shape index (κ3) is 4.43. The van der Waals surface area contributed by atoms with Crippen LogP contribution in [0.15, 0.2) is 30.3 Å². The third-order valence-corrected chi connectivity index (χ3v) is 2.89. The molecule has 0 aliphatic rings. The topological polar surface area (TPSA) is 104 Å². The number of aliphatic hydroxyl groups is 1. The van der Waals surface area contributed by atoms with Gasteiger partial charge in [-0.05, 0) is 5.56 Å². The van der Waals surface area contributed by atoms with E-state index >= 15 is 0 Å². The molecule has 0 radical (unpaired) electrons. The number of carbonyl (C=O) groups excluding carboxylic acids is 2. The van der Waals surface area contributed by atoms with Crippen LogP contribution >= 0.6 is 0 Å². The van der Waals surface area contributed by atoms with E-state index in [1.54, 1.807) is 0 Å². The highest BCUT2D eigenvalue weighted by Gasteiger charge is 2.55. The van der Waals surface area contributed by atoms with Crippen molar-refractivity contribution in [3.63, 3.8) is 0 Å². The van der Waals surface area contributed by atoms with Crippen LogP contribution in [0.25, 0.3) is 0 Å². The molecule has 1 atom stereocenters. The zero-order valence-corrected chi connectivity index (χ0v) is 11.5. The Morgan fingerprint density at radius 3 is 2.18 bits per heavy atom. The zero-order valence-electron chi connectivity index (χ0n) is 11.5. The fraction of sp³-hybridized carbons (Fsp3) is 0.385. The molecule has 0 fully saturated rings. The zero-order chi connectivity index (χ0) is 16.8. The van der Waals surface area contributed by atoms with Crippen molar-refractivity contribution in [2.24, 2.45) is 5.73 Å². The maximum absolute atomic E-state index is 13.1. The summed E-state index contributed by atoms with van der Waals surface area (Å²) >= 11 is 0. The Balaban J connectivity index is 2.76. The molecular weight excluding hydrogens is 303 g/mol. The minimum atomic E-state index is -4.98. The van der Waals surface area contributed by atoms with Gasteiger partial charge in [0, 0.05) is 0 Å². The van der Waals surface area contributed by atoms with Crippen LogP contribution in [0.4, 0.5) is 13.2 Å². The third-order valence-electron chi connectivity index (χ3n) is 2.89. The quantitative estimate of drug-likeness (QED) is 0.574. The number of halogens is 3. The molecule has 5 N–H and O–H groups in total. The lowest BCUT2D eigenvalue weighted by Gasteiger charge is -2.31. The van der Waals surface area contributed by atoms with Gasteiger partial charge in [-0.15, -0.1) is 0 Å².